The Morgan fingerprint density at radius 2 is 1.73 bits per heavy atom. The van der Waals surface area contributed by atoms with E-state index in [1.807, 2.05) is 23.1 Å². The number of anilines is 2. The molecule has 0 saturated heterocycles. The predicted octanol–water partition coefficient (Wildman–Crippen LogP) is 6.05. The van der Waals surface area contributed by atoms with Gasteiger partial charge in [-0.05, 0) is 56.0 Å². The molecule has 4 nitrogen and oxygen atoms in total. The standard InChI is InChI=1S/C26H34N2O2/c1-6-7-9-14-24(30)27-21-15-16-23-22(17-21)26(5,20-12-10-8-11-13-20)18-25(3,4)28(23)19(2)29/h8,10-13,15-17H,6-7,9,14,18H2,1-5H3,(H,27,30). The number of fused-ring (bicyclic) bond motifs is 1. The third kappa shape index (κ3) is 4.28. The molecule has 0 radical (unpaired) electrons. The lowest BCUT2D eigenvalue weighted by Crippen LogP contribution is -2.55. The number of carbonyl (C=O) groups excluding carboxylic acids is 2. The molecule has 0 bridgehead atoms. The zero-order valence-corrected chi connectivity index (χ0v) is 18.9. The molecule has 0 fully saturated rings. The summed E-state index contributed by atoms with van der Waals surface area (Å²) in [6, 6.07) is 16.4. The number of rotatable bonds is 6. The van der Waals surface area contributed by atoms with E-state index >= 15 is 0 Å². The smallest absolute Gasteiger partial charge is 0.224 e. The molecule has 2 amide bonds. The van der Waals surface area contributed by atoms with Crippen molar-refractivity contribution in [1.82, 2.24) is 0 Å². The summed E-state index contributed by atoms with van der Waals surface area (Å²) in [6.07, 6.45) is 4.39. The molecule has 0 aliphatic carbocycles. The minimum absolute atomic E-state index is 0.0349. The number of nitrogens with one attached hydrogen (secondary N) is 1. The lowest BCUT2D eigenvalue weighted by Gasteiger charge is -2.51. The number of benzene rings is 2. The van der Waals surface area contributed by atoms with Crippen molar-refractivity contribution in [1.29, 1.82) is 0 Å². The summed E-state index contributed by atoms with van der Waals surface area (Å²) in [7, 11) is 0. The summed E-state index contributed by atoms with van der Waals surface area (Å²) in [5, 5.41) is 3.06. The van der Waals surface area contributed by atoms with Gasteiger partial charge in [0.25, 0.3) is 0 Å². The van der Waals surface area contributed by atoms with Gasteiger partial charge in [-0.25, -0.2) is 0 Å². The third-order valence-electron chi connectivity index (χ3n) is 6.24. The van der Waals surface area contributed by atoms with Gasteiger partial charge < -0.3 is 10.2 Å². The molecule has 2 aromatic rings. The molecule has 0 saturated carbocycles. The minimum atomic E-state index is -0.325. The Bertz CT molecular complexity index is 920. The first-order valence-electron chi connectivity index (χ1n) is 11.0. The van der Waals surface area contributed by atoms with Gasteiger partial charge in [-0.15, -0.1) is 0 Å². The van der Waals surface area contributed by atoms with E-state index < -0.39 is 0 Å². The molecule has 1 aliphatic rings. The average Bonchev–Trinajstić information content (AvgIpc) is 2.68. The van der Waals surface area contributed by atoms with Crippen LogP contribution in [0, 0.1) is 0 Å². The third-order valence-corrected chi connectivity index (χ3v) is 6.24. The minimum Gasteiger partial charge on any atom is -0.326 e. The number of hydrogen-bond donors (Lipinski definition) is 1. The maximum Gasteiger partial charge on any atom is 0.224 e. The fourth-order valence-electron chi connectivity index (χ4n) is 5.03. The van der Waals surface area contributed by atoms with E-state index in [9.17, 15) is 9.59 Å². The van der Waals surface area contributed by atoms with E-state index in [4.69, 9.17) is 0 Å². The van der Waals surface area contributed by atoms with Crippen LogP contribution in [0.5, 0.6) is 0 Å². The van der Waals surface area contributed by atoms with Crippen molar-refractivity contribution in [3.63, 3.8) is 0 Å². The molecule has 0 spiro atoms. The van der Waals surface area contributed by atoms with E-state index in [2.05, 4.69) is 63.3 Å². The van der Waals surface area contributed by atoms with Crippen LogP contribution in [-0.2, 0) is 15.0 Å². The monoisotopic (exact) mass is 406 g/mol. The molecule has 160 valence electrons. The van der Waals surface area contributed by atoms with Crippen LogP contribution in [0.3, 0.4) is 0 Å². The van der Waals surface area contributed by atoms with E-state index in [1.165, 1.54) is 5.56 Å². The number of amides is 2. The summed E-state index contributed by atoms with van der Waals surface area (Å²) in [5.41, 5.74) is 3.42. The lowest BCUT2D eigenvalue weighted by atomic mass is 9.65. The van der Waals surface area contributed by atoms with Crippen LogP contribution >= 0.6 is 0 Å². The number of nitrogens with zero attached hydrogens (tertiary/aromatic N) is 1. The molecule has 4 heteroatoms. The predicted molar refractivity (Wildman–Crippen MR) is 124 cm³/mol. The van der Waals surface area contributed by atoms with Gasteiger partial charge in [0.05, 0.1) is 0 Å². The van der Waals surface area contributed by atoms with Crippen LogP contribution in [0.1, 0.15) is 77.8 Å². The molecule has 3 rings (SSSR count). The van der Waals surface area contributed by atoms with Crippen LogP contribution in [0.25, 0.3) is 0 Å². The molecular formula is C26H34N2O2. The number of hydrogen-bond acceptors (Lipinski definition) is 2. The Hall–Kier alpha value is -2.62. The second-order valence-corrected chi connectivity index (χ2v) is 9.28. The Kier molecular flexibility index (Phi) is 6.35. The molecule has 30 heavy (non-hydrogen) atoms. The van der Waals surface area contributed by atoms with Gasteiger partial charge in [-0.2, -0.15) is 0 Å². The summed E-state index contributed by atoms with van der Waals surface area (Å²) < 4.78 is 0. The Morgan fingerprint density at radius 1 is 1.03 bits per heavy atom. The largest absolute Gasteiger partial charge is 0.326 e. The van der Waals surface area contributed by atoms with E-state index in [-0.39, 0.29) is 22.8 Å². The first-order chi connectivity index (χ1) is 14.2. The molecule has 0 aromatic heterocycles. The first kappa shape index (κ1) is 22.1. The van der Waals surface area contributed by atoms with Crippen LogP contribution in [0.2, 0.25) is 0 Å². The molecule has 1 N–H and O–H groups in total. The van der Waals surface area contributed by atoms with Crippen molar-refractivity contribution in [3.05, 3.63) is 59.7 Å². The highest BCUT2D eigenvalue weighted by atomic mass is 16.2. The van der Waals surface area contributed by atoms with Gasteiger partial charge in [0.15, 0.2) is 0 Å². The summed E-state index contributed by atoms with van der Waals surface area (Å²) in [4.78, 5) is 26.9. The van der Waals surface area contributed by atoms with Gasteiger partial charge in [-0.1, -0.05) is 57.0 Å². The molecule has 1 aliphatic heterocycles. The van der Waals surface area contributed by atoms with Gasteiger partial charge in [0, 0.05) is 35.7 Å². The Morgan fingerprint density at radius 3 is 2.37 bits per heavy atom. The molecule has 1 unspecified atom stereocenters. The highest BCUT2D eigenvalue weighted by Gasteiger charge is 2.47. The van der Waals surface area contributed by atoms with Crippen molar-refractivity contribution in [2.75, 3.05) is 10.2 Å². The highest BCUT2D eigenvalue weighted by molar-refractivity contribution is 5.96. The summed E-state index contributed by atoms with van der Waals surface area (Å²) >= 11 is 0. The van der Waals surface area contributed by atoms with Crippen LogP contribution < -0.4 is 10.2 Å². The SMILES string of the molecule is CCCCCC(=O)Nc1ccc2c(c1)C(C)(c1ccccc1)CC(C)(C)N2C(C)=O. The molecular weight excluding hydrogens is 372 g/mol. The van der Waals surface area contributed by atoms with Crippen molar-refractivity contribution in [2.24, 2.45) is 0 Å². The second kappa shape index (κ2) is 8.63. The van der Waals surface area contributed by atoms with Crippen molar-refractivity contribution in [2.45, 2.75) is 77.7 Å². The van der Waals surface area contributed by atoms with Gasteiger partial charge in [0.1, 0.15) is 0 Å². The topological polar surface area (TPSA) is 49.4 Å². The zero-order chi connectivity index (χ0) is 21.9. The Labute approximate surface area is 180 Å². The van der Waals surface area contributed by atoms with Crippen LogP contribution in [0.15, 0.2) is 48.5 Å². The summed E-state index contributed by atoms with van der Waals surface area (Å²) in [6.45, 7) is 10.3. The maximum absolute atomic E-state index is 12.6. The van der Waals surface area contributed by atoms with E-state index in [0.717, 1.165) is 42.6 Å². The van der Waals surface area contributed by atoms with Crippen molar-refractivity contribution in [3.8, 4) is 0 Å². The van der Waals surface area contributed by atoms with Gasteiger partial charge in [0.2, 0.25) is 11.8 Å². The van der Waals surface area contributed by atoms with Crippen molar-refractivity contribution < 1.29 is 9.59 Å². The van der Waals surface area contributed by atoms with E-state index in [1.54, 1.807) is 6.92 Å². The zero-order valence-electron chi connectivity index (χ0n) is 18.9. The Balaban J connectivity index is 2.06. The van der Waals surface area contributed by atoms with Gasteiger partial charge in [-0.3, -0.25) is 9.59 Å². The molecule has 1 atom stereocenters. The quantitative estimate of drug-likeness (QED) is 0.594. The van der Waals surface area contributed by atoms with Crippen LogP contribution in [0.4, 0.5) is 11.4 Å². The number of unbranched alkanes of at least 4 members (excludes halogenated alkanes) is 2. The fourth-order valence-corrected chi connectivity index (χ4v) is 5.03. The van der Waals surface area contributed by atoms with Crippen LogP contribution in [-0.4, -0.2) is 17.4 Å². The summed E-state index contributed by atoms with van der Waals surface area (Å²) in [5.74, 6) is 0.0806. The normalized spacial score (nSPS) is 19.8. The van der Waals surface area contributed by atoms with Gasteiger partial charge >= 0.3 is 0 Å². The second-order valence-electron chi connectivity index (χ2n) is 9.28. The maximum atomic E-state index is 12.6. The first-order valence-corrected chi connectivity index (χ1v) is 11.0. The lowest BCUT2D eigenvalue weighted by molar-refractivity contribution is -0.118. The number of carbonyl (C=O) groups is 2. The molecule has 1 heterocycles. The highest BCUT2D eigenvalue weighted by Crippen LogP contribution is 2.51. The average molecular weight is 407 g/mol. The van der Waals surface area contributed by atoms with E-state index in [0.29, 0.717) is 6.42 Å². The molecule has 2 aromatic carbocycles. The van der Waals surface area contributed by atoms with Crippen molar-refractivity contribution >= 4 is 23.2 Å². The fraction of sp³-hybridized carbons (Fsp3) is 0.462.